The van der Waals surface area contributed by atoms with Crippen LogP contribution in [-0.2, 0) is 6.54 Å². The lowest BCUT2D eigenvalue weighted by atomic mass is 10.0. The van der Waals surface area contributed by atoms with E-state index in [0.29, 0.717) is 46.8 Å². The highest BCUT2D eigenvalue weighted by Crippen LogP contribution is 2.51. The molecule has 0 bridgehead atoms. The summed E-state index contributed by atoms with van der Waals surface area (Å²) in [5.41, 5.74) is 6.40. The summed E-state index contributed by atoms with van der Waals surface area (Å²) >= 11 is 0. The molecule has 0 aliphatic carbocycles. The number of hydrogen-bond donors (Lipinski definition) is 0. The highest BCUT2D eigenvalue weighted by molar-refractivity contribution is 6.15. The molecule has 0 saturated heterocycles. The fourth-order valence-electron chi connectivity index (χ4n) is 7.00. The first-order valence-electron chi connectivity index (χ1n) is 17.7. The average Bonchev–Trinajstić information content (AvgIpc) is 3.58. The van der Waals surface area contributed by atoms with E-state index in [-0.39, 0.29) is 10.6 Å². The zero-order valence-corrected chi connectivity index (χ0v) is 29.4. The summed E-state index contributed by atoms with van der Waals surface area (Å²) in [4.78, 5) is 26.0. The Bertz CT molecular complexity index is 2840. The fourth-order valence-corrected chi connectivity index (χ4v) is 7.00. The molecule has 0 radical (unpaired) electrons. The summed E-state index contributed by atoms with van der Waals surface area (Å²) in [6.07, 6.45) is 0. The van der Waals surface area contributed by atoms with Gasteiger partial charge in [0.05, 0.1) is 22.5 Å². The molecule has 0 N–H and O–H groups in total. The van der Waals surface area contributed by atoms with Crippen molar-refractivity contribution in [1.82, 2.24) is 4.57 Å². The summed E-state index contributed by atoms with van der Waals surface area (Å²) in [6, 6.07) is 51.9. The number of aliphatic imine (C=N–C) groups is 3. The van der Waals surface area contributed by atoms with Gasteiger partial charge in [-0.2, -0.15) is 0 Å². The van der Waals surface area contributed by atoms with Crippen molar-refractivity contribution in [2.45, 2.75) is 6.54 Å². The number of rotatable bonds is 7. The van der Waals surface area contributed by atoms with E-state index in [4.69, 9.17) is 19.5 Å². The van der Waals surface area contributed by atoms with Crippen LogP contribution in [0.2, 0.25) is 0 Å². The van der Waals surface area contributed by atoms with Crippen molar-refractivity contribution in [2.75, 3.05) is 0 Å². The second kappa shape index (κ2) is 14.1. The van der Waals surface area contributed by atoms with E-state index in [1.54, 1.807) is 12.1 Å². The minimum atomic E-state index is -0.352. The molecule has 9 rings (SSSR count). The predicted octanol–water partition coefficient (Wildman–Crippen LogP) is 11.4. The second-order valence-electron chi connectivity index (χ2n) is 12.9. The van der Waals surface area contributed by atoms with Gasteiger partial charge in [-0.1, -0.05) is 103 Å². The Morgan fingerprint density at radius 2 is 1.36 bits per heavy atom. The molecule has 0 spiro atoms. The number of para-hydroxylation sites is 3. The highest BCUT2D eigenvalue weighted by atomic mass is 16.6. The summed E-state index contributed by atoms with van der Waals surface area (Å²) in [5.74, 6) is 3.30. The Labute approximate surface area is 316 Å². The lowest BCUT2D eigenvalue weighted by molar-refractivity contribution is -0.384. The van der Waals surface area contributed by atoms with Gasteiger partial charge in [0, 0.05) is 33.7 Å². The minimum Gasteiger partial charge on any atom is -0.449 e. The van der Waals surface area contributed by atoms with Crippen LogP contribution in [0.4, 0.5) is 5.69 Å². The van der Waals surface area contributed by atoms with Crippen molar-refractivity contribution >= 4 is 45.9 Å². The van der Waals surface area contributed by atoms with Crippen molar-refractivity contribution in [2.24, 2.45) is 15.0 Å². The number of amidine groups is 2. The summed E-state index contributed by atoms with van der Waals surface area (Å²) in [5, 5.41) is 13.8. The zero-order valence-electron chi connectivity index (χ0n) is 29.4. The highest BCUT2D eigenvalue weighted by Gasteiger charge is 2.26. The maximum Gasteiger partial charge on any atom is 0.277 e. The van der Waals surface area contributed by atoms with E-state index < -0.39 is 0 Å². The SMILES string of the molecule is C=NC(=NC(=NCc1ccccc1)c1ccccc1)c1cccc(-n2c3ccc(-c4ccccc4[N+](=O)[O-])cc3c3ccc4c(c32)Oc2ccccc2O4)c1. The molecule has 0 unspecified atom stereocenters. The fraction of sp³-hybridized carbons (Fsp3) is 0.0217. The number of aromatic nitrogens is 1. The van der Waals surface area contributed by atoms with Gasteiger partial charge in [-0.3, -0.25) is 15.1 Å². The van der Waals surface area contributed by atoms with Crippen LogP contribution in [0, 0.1) is 10.1 Å². The number of hydrogen-bond acceptors (Lipinski definition) is 5. The van der Waals surface area contributed by atoms with E-state index in [9.17, 15) is 10.1 Å². The number of ether oxygens (including phenoxy) is 2. The Kier molecular flexibility index (Phi) is 8.49. The molecular formula is C46H31N5O4. The third-order valence-corrected chi connectivity index (χ3v) is 9.55. The van der Waals surface area contributed by atoms with E-state index in [2.05, 4.69) is 16.3 Å². The monoisotopic (exact) mass is 717 g/mol. The van der Waals surface area contributed by atoms with Crippen molar-refractivity contribution in [3.63, 3.8) is 0 Å². The Morgan fingerprint density at radius 1 is 0.655 bits per heavy atom. The first-order chi connectivity index (χ1) is 27.1. The molecule has 8 aromatic rings. The molecule has 9 heteroatoms. The third kappa shape index (κ3) is 6.19. The molecule has 2 heterocycles. The van der Waals surface area contributed by atoms with Gasteiger partial charge >= 0.3 is 0 Å². The molecule has 1 aliphatic heterocycles. The number of nitro benzene ring substituents is 1. The molecule has 0 atom stereocenters. The predicted molar refractivity (Wildman–Crippen MR) is 219 cm³/mol. The maximum atomic E-state index is 12.0. The average molecular weight is 718 g/mol. The molecule has 55 heavy (non-hydrogen) atoms. The molecule has 0 saturated carbocycles. The second-order valence-corrected chi connectivity index (χ2v) is 12.9. The molecule has 264 valence electrons. The van der Waals surface area contributed by atoms with Crippen molar-refractivity contribution < 1.29 is 14.4 Å². The number of nitro groups is 1. The third-order valence-electron chi connectivity index (χ3n) is 9.55. The van der Waals surface area contributed by atoms with Gasteiger partial charge in [0.2, 0.25) is 0 Å². The van der Waals surface area contributed by atoms with Crippen molar-refractivity contribution in [3.05, 3.63) is 191 Å². The summed E-state index contributed by atoms with van der Waals surface area (Å²) < 4.78 is 15.1. The molecule has 0 amide bonds. The molecule has 1 aromatic heterocycles. The first kappa shape index (κ1) is 33.2. The van der Waals surface area contributed by atoms with E-state index >= 15 is 0 Å². The molecule has 0 fully saturated rings. The van der Waals surface area contributed by atoms with Crippen LogP contribution >= 0.6 is 0 Å². The number of nitrogens with zero attached hydrogens (tertiary/aromatic N) is 5. The maximum absolute atomic E-state index is 12.0. The number of fused-ring (bicyclic) bond motifs is 6. The van der Waals surface area contributed by atoms with Crippen LogP contribution in [0.25, 0.3) is 38.6 Å². The van der Waals surface area contributed by atoms with Gasteiger partial charge in [-0.15, -0.1) is 0 Å². The molecule has 1 aliphatic rings. The zero-order chi connectivity index (χ0) is 37.3. The van der Waals surface area contributed by atoms with Crippen LogP contribution in [-0.4, -0.2) is 27.9 Å². The van der Waals surface area contributed by atoms with Gasteiger partial charge in [0.25, 0.3) is 5.69 Å². The molecular weight excluding hydrogens is 687 g/mol. The lowest BCUT2D eigenvalue weighted by Gasteiger charge is -2.22. The smallest absolute Gasteiger partial charge is 0.277 e. The van der Waals surface area contributed by atoms with Gasteiger partial charge < -0.3 is 14.0 Å². The molecule has 7 aromatic carbocycles. The Hall–Kier alpha value is -7.65. The quantitative estimate of drug-likeness (QED) is 0.0708. The minimum absolute atomic E-state index is 0.0370. The van der Waals surface area contributed by atoms with Crippen LogP contribution in [0.1, 0.15) is 16.7 Å². The largest absolute Gasteiger partial charge is 0.449 e. The Morgan fingerprint density at radius 3 is 2.15 bits per heavy atom. The van der Waals surface area contributed by atoms with Crippen molar-refractivity contribution in [1.29, 1.82) is 0 Å². The number of benzene rings is 7. The van der Waals surface area contributed by atoms with Gasteiger partial charge in [0.1, 0.15) is 5.52 Å². The Balaban J connectivity index is 1.23. The first-order valence-corrected chi connectivity index (χ1v) is 17.7. The van der Waals surface area contributed by atoms with Gasteiger partial charge in [-0.05, 0) is 72.4 Å². The standard InChI is InChI=1S/C46H31N5O4/c1-47-45(49-46(31-15-6-3-7-16-31)48-29-30-13-4-2-5-14-30)33-17-12-18-34(27-33)50-38-25-23-32(35-19-8-9-20-39(35)51(52)53)28-37(38)36-24-26-42-44(43(36)50)55-41-22-11-10-21-40(41)54-42/h2-28H,1,29H2. The van der Waals surface area contributed by atoms with Gasteiger partial charge in [-0.25, -0.2) is 9.98 Å². The van der Waals surface area contributed by atoms with E-state index in [0.717, 1.165) is 49.7 Å². The van der Waals surface area contributed by atoms with Crippen LogP contribution in [0.5, 0.6) is 23.0 Å². The van der Waals surface area contributed by atoms with Crippen molar-refractivity contribution in [3.8, 4) is 39.8 Å². The topological polar surface area (TPSA) is 104 Å². The van der Waals surface area contributed by atoms with Gasteiger partial charge in [0.15, 0.2) is 34.7 Å². The summed E-state index contributed by atoms with van der Waals surface area (Å²) in [6.45, 7) is 4.35. The van der Waals surface area contributed by atoms with Crippen LogP contribution in [0.3, 0.4) is 0 Å². The van der Waals surface area contributed by atoms with E-state index in [1.165, 1.54) is 6.07 Å². The van der Waals surface area contributed by atoms with E-state index in [1.807, 2.05) is 146 Å². The molecule has 9 nitrogen and oxygen atoms in total. The van der Waals surface area contributed by atoms with Crippen LogP contribution in [0.15, 0.2) is 179 Å². The lowest BCUT2D eigenvalue weighted by Crippen LogP contribution is -2.07. The normalized spacial score (nSPS) is 12.4. The summed E-state index contributed by atoms with van der Waals surface area (Å²) in [7, 11) is 0. The van der Waals surface area contributed by atoms with Crippen LogP contribution < -0.4 is 9.47 Å².